The van der Waals surface area contributed by atoms with Crippen molar-refractivity contribution in [3.63, 3.8) is 0 Å². The van der Waals surface area contributed by atoms with Gasteiger partial charge in [0.25, 0.3) is 0 Å². The zero-order valence-corrected chi connectivity index (χ0v) is 7.77. The molecular weight excluding hydrogens is 188 g/mol. The number of rotatable bonds is 2. The summed E-state index contributed by atoms with van der Waals surface area (Å²) in [6.45, 7) is 1.69. The quantitative estimate of drug-likeness (QED) is 0.671. The lowest BCUT2D eigenvalue weighted by molar-refractivity contribution is -0.155. The first kappa shape index (κ1) is 9.45. The van der Waals surface area contributed by atoms with Crippen LogP contribution in [0.15, 0.2) is 0 Å². The molecule has 0 aromatic carbocycles. The molecule has 0 spiro atoms. The van der Waals surface area contributed by atoms with E-state index < -0.39 is 35.5 Å². The molecular formula is C9H12O5. The van der Waals surface area contributed by atoms with Gasteiger partial charge in [-0.1, -0.05) is 0 Å². The minimum absolute atomic E-state index is 0.418. The van der Waals surface area contributed by atoms with Crippen molar-refractivity contribution in [1.82, 2.24) is 0 Å². The summed E-state index contributed by atoms with van der Waals surface area (Å²) in [6, 6.07) is 0. The lowest BCUT2D eigenvalue weighted by Crippen LogP contribution is -2.43. The number of carboxylic acid groups (broad SMARTS) is 2. The first-order valence-corrected chi connectivity index (χ1v) is 4.59. The van der Waals surface area contributed by atoms with E-state index in [4.69, 9.17) is 14.9 Å². The van der Waals surface area contributed by atoms with Crippen molar-refractivity contribution in [3.05, 3.63) is 0 Å². The van der Waals surface area contributed by atoms with Gasteiger partial charge in [-0.3, -0.25) is 9.59 Å². The lowest BCUT2D eigenvalue weighted by atomic mass is 9.72. The zero-order chi connectivity index (χ0) is 10.5. The smallest absolute Gasteiger partial charge is 0.310 e. The molecule has 0 aromatic rings. The molecule has 2 N–H and O–H groups in total. The highest BCUT2D eigenvalue weighted by Gasteiger charge is 2.62. The number of hydrogen-bond donors (Lipinski definition) is 2. The molecule has 2 saturated heterocycles. The topological polar surface area (TPSA) is 83.8 Å². The average molecular weight is 200 g/mol. The Bertz CT molecular complexity index is 300. The second-order valence-corrected chi connectivity index (χ2v) is 4.19. The molecule has 0 saturated carbocycles. The molecule has 2 aliphatic heterocycles. The number of fused-ring (bicyclic) bond motifs is 2. The maximum Gasteiger partial charge on any atom is 0.310 e. The second kappa shape index (κ2) is 2.70. The van der Waals surface area contributed by atoms with E-state index in [1.165, 1.54) is 0 Å². The minimum Gasteiger partial charge on any atom is -0.481 e. The Morgan fingerprint density at radius 1 is 1.36 bits per heavy atom. The van der Waals surface area contributed by atoms with E-state index in [2.05, 4.69) is 0 Å². The molecule has 4 atom stereocenters. The van der Waals surface area contributed by atoms with Crippen molar-refractivity contribution in [2.75, 3.05) is 0 Å². The average Bonchev–Trinajstić information content (AvgIpc) is 2.55. The van der Waals surface area contributed by atoms with Crippen LogP contribution < -0.4 is 0 Å². The van der Waals surface area contributed by atoms with Crippen molar-refractivity contribution < 1.29 is 24.5 Å². The summed E-state index contributed by atoms with van der Waals surface area (Å²) in [6.07, 6.45) is 0.869. The molecule has 2 fully saturated rings. The Morgan fingerprint density at radius 2 is 2.00 bits per heavy atom. The summed E-state index contributed by atoms with van der Waals surface area (Å²) < 4.78 is 5.45. The summed E-state index contributed by atoms with van der Waals surface area (Å²) in [5, 5.41) is 17.9. The predicted molar refractivity (Wildman–Crippen MR) is 44.8 cm³/mol. The number of carboxylic acids is 2. The largest absolute Gasteiger partial charge is 0.481 e. The van der Waals surface area contributed by atoms with Crippen molar-refractivity contribution in [2.45, 2.75) is 31.5 Å². The van der Waals surface area contributed by atoms with Crippen molar-refractivity contribution in [1.29, 1.82) is 0 Å². The Balaban J connectivity index is 2.35. The number of hydrogen-bond acceptors (Lipinski definition) is 3. The fourth-order valence-electron chi connectivity index (χ4n) is 2.69. The highest BCUT2D eigenvalue weighted by molar-refractivity contribution is 5.82. The summed E-state index contributed by atoms with van der Waals surface area (Å²) in [7, 11) is 0. The van der Waals surface area contributed by atoms with Crippen LogP contribution in [0.25, 0.3) is 0 Å². The molecule has 3 unspecified atom stereocenters. The van der Waals surface area contributed by atoms with Crippen LogP contribution in [0.5, 0.6) is 0 Å². The lowest BCUT2D eigenvalue weighted by Gasteiger charge is -2.28. The fourth-order valence-corrected chi connectivity index (χ4v) is 2.69. The van der Waals surface area contributed by atoms with Gasteiger partial charge in [-0.05, 0) is 19.8 Å². The molecule has 5 nitrogen and oxygen atoms in total. The van der Waals surface area contributed by atoms with Gasteiger partial charge in [0, 0.05) is 0 Å². The normalized spacial score (nSPS) is 45.4. The number of carbonyl (C=O) groups is 2. The van der Waals surface area contributed by atoms with Gasteiger partial charge in [0.1, 0.15) is 5.92 Å². The Hall–Kier alpha value is -1.10. The third-order valence-corrected chi connectivity index (χ3v) is 3.31. The minimum atomic E-state index is -1.07. The Kier molecular flexibility index (Phi) is 1.82. The SMILES string of the molecule is C[C@@]12CCC(O1)C(C(=O)O)C2C(=O)O. The molecule has 2 rings (SSSR count). The molecule has 0 aromatic heterocycles. The highest BCUT2D eigenvalue weighted by atomic mass is 16.5. The van der Waals surface area contributed by atoms with Gasteiger partial charge >= 0.3 is 11.9 Å². The summed E-state index contributed by atoms with van der Waals surface area (Å²) >= 11 is 0. The molecule has 0 radical (unpaired) electrons. The number of aliphatic carboxylic acids is 2. The molecule has 5 heteroatoms. The number of ether oxygens (including phenoxy) is 1. The van der Waals surface area contributed by atoms with Crippen LogP contribution in [0.2, 0.25) is 0 Å². The van der Waals surface area contributed by atoms with E-state index in [9.17, 15) is 9.59 Å². The molecule has 0 aliphatic carbocycles. The van der Waals surface area contributed by atoms with Gasteiger partial charge in [0.2, 0.25) is 0 Å². The van der Waals surface area contributed by atoms with Crippen molar-refractivity contribution in [3.8, 4) is 0 Å². The highest BCUT2D eigenvalue weighted by Crippen LogP contribution is 2.51. The van der Waals surface area contributed by atoms with Gasteiger partial charge in [0.05, 0.1) is 17.6 Å². The molecule has 78 valence electrons. The van der Waals surface area contributed by atoms with Gasteiger partial charge in [-0.25, -0.2) is 0 Å². The monoisotopic (exact) mass is 200 g/mol. The van der Waals surface area contributed by atoms with Crippen LogP contribution in [0.4, 0.5) is 0 Å². The van der Waals surface area contributed by atoms with E-state index in [-0.39, 0.29) is 0 Å². The van der Waals surface area contributed by atoms with Crippen LogP contribution in [-0.4, -0.2) is 33.9 Å². The van der Waals surface area contributed by atoms with Gasteiger partial charge in [-0.2, -0.15) is 0 Å². The van der Waals surface area contributed by atoms with E-state index in [1.807, 2.05) is 0 Å². The molecule has 0 amide bonds. The van der Waals surface area contributed by atoms with Gasteiger partial charge in [0.15, 0.2) is 0 Å². The van der Waals surface area contributed by atoms with Crippen molar-refractivity contribution in [2.24, 2.45) is 11.8 Å². The third kappa shape index (κ3) is 1.05. The predicted octanol–water partition coefficient (Wildman–Crippen LogP) is 0.339. The van der Waals surface area contributed by atoms with Crippen LogP contribution in [0, 0.1) is 11.8 Å². The summed E-state index contributed by atoms with van der Waals surface area (Å²) in [5.74, 6) is -3.92. The first-order valence-electron chi connectivity index (χ1n) is 4.59. The molecule has 2 aliphatic rings. The first-order chi connectivity index (χ1) is 6.46. The van der Waals surface area contributed by atoms with Gasteiger partial charge < -0.3 is 14.9 Å². The van der Waals surface area contributed by atoms with Crippen molar-refractivity contribution >= 4 is 11.9 Å². The Morgan fingerprint density at radius 3 is 2.43 bits per heavy atom. The van der Waals surface area contributed by atoms with E-state index in [0.717, 1.165) is 0 Å². The van der Waals surface area contributed by atoms with Crippen LogP contribution in [0.3, 0.4) is 0 Å². The molecule has 2 bridgehead atoms. The fraction of sp³-hybridized carbons (Fsp3) is 0.778. The summed E-state index contributed by atoms with van der Waals surface area (Å²) in [4.78, 5) is 21.9. The van der Waals surface area contributed by atoms with Gasteiger partial charge in [-0.15, -0.1) is 0 Å². The molecule has 14 heavy (non-hydrogen) atoms. The van der Waals surface area contributed by atoms with Crippen LogP contribution in [-0.2, 0) is 14.3 Å². The van der Waals surface area contributed by atoms with Crippen LogP contribution in [0.1, 0.15) is 19.8 Å². The van der Waals surface area contributed by atoms with E-state index in [1.54, 1.807) is 6.92 Å². The van der Waals surface area contributed by atoms with E-state index >= 15 is 0 Å². The maximum atomic E-state index is 11.0. The zero-order valence-electron chi connectivity index (χ0n) is 7.77. The Labute approximate surface area is 80.7 Å². The van der Waals surface area contributed by atoms with E-state index in [0.29, 0.717) is 12.8 Å². The molecule has 2 heterocycles. The third-order valence-electron chi connectivity index (χ3n) is 3.31. The van der Waals surface area contributed by atoms with Crippen LogP contribution >= 0.6 is 0 Å². The standard InChI is InChI=1S/C9H12O5/c1-9-3-2-4(14-9)5(7(10)11)6(9)8(12)13/h4-6H,2-3H2,1H3,(H,10,11)(H,12,13)/t4?,5?,6?,9-/m0/s1. The second-order valence-electron chi connectivity index (χ2n) is 4.19. The summed E-state index contributed by atoms with van der Waals surface area (Å²) in [5.41, 5.74) is -0.778. The maximum absolute atomic E-state index is 11.0.